The number of amides is 2. The Bertz CT molecular complexity index is 724. The van der Waals surface area contributed by atoms with Crippen LogP contribution in [0.3, 0.4) is 0 Å². The van der Waals surface area contributed by atoms with Crippen LogP contribution < -0.4 is 0 Å². The molecule has 1 aromatic heterocycles. The molecule has 1 N–H and O–H groups in total. The Morgan fingerprint density at radius 1 is 1.14 bits per heavy atom. The number of carbonyl (C=O) groups excluding carboxylic acids is 3. The highest BCUT2D eigenvalue weighted by Crippen LogP contribution is 2.23. The number of aromatic amines is 1. The molecule has 1 aliphatic heterocycles. The van der Waals surface area contributed by atoms with Crippen LogP contribution in [-0.4, -0.2) is 33.0 Å². The standard InChI is InChI=1S/C14H11N3O4/c1-7-11(8(2)16-15-7)14(20)21-17-12(18)9-5-3-4-6-10(9)13(17)19/h3-6H,1-2H3,(H,15,16). The minimum atomic E-state index is -0.798. The van der Waals surface area contributed by atoms with E-state index in [-0.39, 0.29) is 16.7 Å². The third kappa shape index (κ3) is 1.90. The lowest BCUT2D eigenvalue weighted by Gasteiger charge is -2.12. The summed E-state index contributed by atoms with van der Waals surface area (Å²) in [5.74, 6) is -2.10. The molecule has 0 aliphatic carbocycles. The molecule has 0 saturated carbocycles. The number of hydrogen-bond acceptors (Lipinski definition) is 5. The van der Waals surface area contributed by atoms with Crippen molar-refractivity contribution < 1.29 is 19.2 Å². The zero-order chi connectivity index (χ0) is 15.1. The molecule has 0 fully saturated rings. The molecular formula is C14H11N3O4. The van der Waals surface area contributed by atoms with E-state index in [1.807, 2.05) is 0 Å². The van der Waals surface area contributed by atoms with Crippen molar-refractivity contribution in [3.05, 3.63) is 52.3 Å². The number of H-pyrrole nitrogens is 1. The number of aromatic nitrogens is 2. The lowest BCUT2D eigenvalue weighted by Crippen LogP contribution is -2.33. The van der Waals surface area contributed by atoms with E-state index in [9.17, 15) is 14.4 Å². The maximum Gasteiger partial charge on any atom is 0.367 e. The summed E-state index contributed by atoms with van der Waals surface area (Å²) in [4.78, 5) is 41.3. The van der Waals surface area contributed by atoms with Gasteiger partial charge >= 0.3 is 5.97 Å². The molecule has 2 amide bonds. The van der Waals surface area contributed by atoms with Crippen LogP contribution in [0.4, 0.5) is 0 Å². The number of hydroxylamine groups is 2. The molecule has 3 rings (SSSR count). The van der Waals surface area contributed by atoms with Gasteiger partial charge in [-0.3, -0.25) is 14.7 Å². The Hall–Kier alpha value is -2.96. The number of nitrogens with zero attached hydrogens (tertiary/aromatic N) is 2. The second-order valence-electron chi connectivity index (χ2n) is 4.64. The summed E-state index contributed by atoms with van der Waals surface area (Å²) in [6.45, 7) is 3.28. The van der Waals surface area contributed by atoms with Crippen molar-refractivity contribution in [2.24, 2.45) is 0 Å². The first kappa shape index (κ1) is 13.0. The van der Waals surface area contributed by atoms with Crippen LogP contribution in [-0.2, 0) is 4.84 Å². The Morgan fingerprint density at radius 2 is 1.71 bits per heavy atom. The lowest BCUT2D eigenvalue weighted by atomic mass is 10.1. The van der Waals surface area contributed by atoms with Gasteiger partial charge in [-0.25, -0.2) is 4.79 Å². The predicted octanol–water partition coefficient (Wildman–Crippen LogP) is 1.39. The van der Waals surface area contributed by atoms with Crippen molar-refractivity contribution in [2.45, 2.75) is 13.8 Å². The van der Waals surface area contributed by atoms with E-state index in [0.717, 1.165) is 0 Å². The number of hydrogen-bond donors (Lipinski definition) is 1. The number of aryl methyl sites for hydroxylation is 2. The Balaban J connectivity index is 1.89. The Kier molecular flexibility index (Phi) is 2.83. The highest BCUT2D eigenvalue weighted by atomic mass is 16.7. The van der Waals surface area contributed by atoms with Gasteiger partial charge in [0.25, 0.3) is 11.8 Å². The van der Waals surface area contributed by atoms with E-state index in [1.54, 1.807) is 26.0 Å². The number of benzene rings is 1. The molecule has 21 heavy (non-hydrogen) atoms. The monoisotopic (exact) mass is 285 g/mol. The minimum Gasteiger partial charge on any atom is -0.324 e. The first-order valence-electron chi connectivity index (χ1n) is 6.22. The molecule has 2 heterocycles. The summed E-state index contributed by atoms with van der Waals surface area (Å²) in [5, 5.41) is 7.00. The van der Waals surface area contributed by atoms with Crippen molar-refractivity contribution in [1.29, 1.82) is 0 Å². The van der Waals surface area contributed by atoms with Crippen LogP contribution >= 0.6 is 0 Å². The third-order valence-corrected chi connectivity index (χ3v) is 3.26. The van der Waals surface area contributed by atoms with E-state index in [1.165, 1.54) is 12.1 Å². The molecule has 7 nitrogen and oxygen atoms in total. The zero-order valence-corrected chi connectivity index (χ0v) is 11.3. The summed E-state index contributed by atoms with van der Waals surface area (Å²) in [5.41, 5.74) is 1.60. The van der Waals surface area contributed by atoms with Crippen molar-refractivity contribution in [3.63, 3.8) is 0 Å². The maximum atomic E-state index is 12.1. The molecule has 1 aliphatic rings. The highest BCUT2D eigenvalue weighted by molar-refractivity contribution is 6.21. The molecule has 0 bridgehead atoms. The molecule has 0 atom stereocenters. The number of carbonyl (C=O) groups is 3. The van der Waals surface area contributed by atoms with E-state index in [0.29, 0.717) is 16.5 Å². The number of imide groups is 1. The van der Waals surface area contributed by atoms with Crippen LogP contribution in [0, 0.1) is 13.8 Å². The van der Waals surface area contributed by atoms with Crippen molar-refractivity contribution in [1.82, 2.24) is 15.3 Å². The van der Waals surface area contributed by atoms with Gasteiger partial charge in [0.2, 0.25) is 0 Å². The van der Waals surface area contributed by atoms with Crippen molar-refractivity contribution in [2.75, 3.05) is 0 Å². The maximum absolute atomic E-state index is 12.1. The summed E-state index contributed by atoms with van der Waals surface area (Å²) in [6, 6.07) is 6.30. The fourth-order valence-corrected chi connectivity index (χ4v) is 2.23. The fraction of sp³-hybridized carbons (Fsp3) is 0.143. The molecule has 0 saturated heterocycles. The zero-order valence-electron chi connectivity index (χ0n) is 11.3. The largest absolute Gasteiger partial charge is 0.367 e. The van der Waals surface area contributed by atoms with E-state index < -0.39 is 17.8 Å². The molecule has 106 valence electrons. The molecule has 0 radical (unpaired) electrons. The van der Waals surface area contributed by atoms with Gasteiger partial charge in [0.15, 0.2) is 0 Å². The van der Waals surface area contributed by atoms with E-state index >= 15 is 0 Å². The normalized spacial score (nSPS) is 13.5. The summed E-state index contributed by atoms with van der Waals surface area (Å²) < 4.78 is 0. The van der Waals surface area contributed by atoms with Gasteiger partial charge in [-0.1, -0.05) is 17.2 Å². The molecule has 2 aromatic rings. The SMILES string of the molecule is Cc1n[nH]c(C)c1C(=O)ON1C(=O)c2ccccc2C1=O. The van der Waals surface area contributed by atoms with Crippen molar-refractivity contribution in [3.8, 4) is 0 Å². The van der Waals surface area contributed by atoms with Gasteiger partial charge in [0.1, 0.15) is 5.56 Å². The van der Waals surface area contributed by atoms with Gasteiger partial charge in [-0.15, -0.1) is 0 Å². The second-order valence-corrected chi connectivity index (χ2v) is 4.64. The predicted molar refractivity (Wildman–Crippen MR) is 70.4 cm³/mol. The molecular weight excluding hydrogens is 274 g/mol. The average molecular weight is 285 g/mol. The highest BCUT2D eigenvalue weighted by Gasteiger charge is 2.39. The van der Waals surface area contributed by atoms with Crippen LogP contribution in [0.5, 0.6) is 0 Å². The summed E-state index contributed by atoms with van der Waals surface area (Å²) in [7, 11) is 0. The van der Waals surface area contributed by atoms with E-state index in [2.05, 4.69) is 10.2 Å². The van der Waals surface area contributed by atoms with Crippen LogP contribution in [0.1, 0.15) is 42.5 Å². The summed E-state index contributed by atoms with van der Waals surface area (Å²) >= 11 is 0. The smallest absolute Gasteiger partial charge is 0.324 e. The second kappa shape index (κ2) is 4.55. The molecule has 0 spiro atoms. The number of rotatable bonds is 2. The van der Waals surface area contributed by atoms with E-state index in [4.69, 9.17) is 4.84 Å². The quantitative estimate of drug-likeness (QED) is 0.842. The molecule has 0 unspecified atom stereocenters. The van der Waals surface area contributed by atoms with Crippen LogP contribution in [0.25, 0.3) is 0 Å². The topological polar surface area (TPSA) is 92.4 Å². The first-order chi connectivity index (χ1) is 10.0. The van der Waals surface area contributed by atoms with Gasteiger partial charge in [0, 0.05) is 5.69 Å². The summed E-state index contributed by atoms with van der Waals surface area (Å²) in [6.07, 6.45) is 0. The van der Waals surface area contributed by atoms with Gasteiger partial charge in [-0.05, 0) is 26.0 Å². The number of fused-ring (bicyclic) bond motifs is 1. The molecule has 1 aromatic carbocycles. The Labute approximate surface area is 119 Å². The number of nitrogens with one attached hydrogen (secondary N) is 1. The van der Waals surface area contributed by atoms with Crippen LogP contribution in [0.15, 0.2) is 24.3 Å². The Morgan fingerprint density at radius 3 is 2.19 bits per heavy atom. The van der Waals surface area contributed by atoms with Gasteiger partial charge in [0.05, 0.1) is 16.8 Å². The molecule has 7 heteroatoms. The minimum absolute atomic E-state index is 0.214. The average Bonchev–Trinajstić information content (AvgIpc) is 2.92. The third-order valence-electron chi connectivity index (χ3n) is 3.26. The van der Waals surface area contributed by atoms with Crippen LogP contribution in [0.2, 0.25) is 0 Å². The van der Waals surface area contributed by atoms with Gasteiger partial charge < -0.3 is 4.84 Å². The fourth-order valence-electron chi connectivity index (χ4n) is 2.23. The van der Waals surface area contributed by atoms with Crippen molar-refractivity contribution >= 4 is 17.8 Å². The lowest BCUT2D eigenvalue weighted by molar-refractivity contribution is -0.0585. The first-order valence-corrected chi connectivity index (χ1v) is 6.22. The van der Waals surface area contributed by atoms with Gasteiger partial charge in [-0.2, -0.15) is 5.10 Å².